The summed E-state index contributed by atoms with van der Waals surface area (Å²) in [5.74, 6) is 3.09. The zero-order valence-electron chi connectivity index (χ0n) is 14.4. The SMILES string of the molecule is CC[C@H](C)CN1CCc2nnc(CCc3ccccc3)n2CC1. The normalized spacial score (nSPS) is 16.8. The third-order valence-electron chi connectivity index (χ3n) is 4.94. The summed E-state index contributed by atoms with van der Waals surface area (Å²) in [7, 11) is 0. The number of nitrogens with zero attached hydrogens (tertiary/aromatic N) is 4. The van der Waals surface area contributed by atoms with Crippen molar-refractivity contribution < 1.29 is 0 Å². The molecule has 0 N–H and O–H groups in total. The van der Waals surface area contributed by atoms with Gasteiger partial charge in [0.15, 0.2) is 0 Å². The van der Waals surface area contributed by atoms with Gasteiger partial charge < -0.3 is 9.47 Å². The van der Waals surface area contributed by atoms with Crippen molar-refractivity contribution in [3.63, 3.8) is 0 Å². The van der Waals surface area contributed by atoms with Gasteiger partial charge in [0.25, 0.3) is 0 Å². The minimum absolute atomic E-state index is 0.774. The Labute approximate surface area is 139 Å². The second-order valence-electron chi connectivity index (χ2n) is 6.73. The number of hydrogen-bond donors (Lipinski definition) is 0. The first kappa shape index (κ1) is 16.2. The van der Waals surface area contributed by atoms with Crippen LogP contribution in [0.15, 0.2) is 30.3 Å². The van der Waals surface area contributed by atoms with Crippen LogP contribution < -0.4 is 0 Å². The van der Waals surface area contributed by atoms with E-state index in [4.69, 9.17) is 0 Å². The van der Waals surface area contributed by atoms with Crippen molar-refractivity contribution in [2.45, 2.75) is 46.1 Å². The molecule has 1 aromatic carbocycles. The van der Waals surface area contributed by atoms with Gasteiger partial charge in [0.2, 0.25) is 0 Å². The Hall–Kier alpha value is -1.68. The first-order valence-electron chi connectivity index (χ1n) is 8.93. The Morgan fingerprint density at radius 2 is 1.87 bits per heavy atom. The van der Waals surface area contributed by atoms with Crippen molar-refractivity contribution in [3.8, 4) is 0 Å². The van der Waals surface area contributed by atoms with Gasteiger partial charge in [-0.2, -0.15) is 0 Å². The molecule has 4 heteroatoms. The zero-order chi connectivity index (χ0) is 16.1. The number of aromatic nitrogens is 3. The van der Waals surface area contributed by atoms with E-state index in [9.17, 15) is 0 Å². The first-order valence-corrected chi connectivity index (χ1v) is 8.93. The van der Waals surface area contributed by atoms with Crippen LogP contribution in [0.25, 0.3) is 0 Å². The molecular weight excluding hydrogens is 284 g/mol. The van der Waals surface area contributed by atoms with Crippen LogP contribution in [0.3, 0.4) is 0 Å². The number of rotatable bonds is 6. The van der Waals surface area contributed by atoms with Gasteiger partial charge >= 0.3 is 0 Å². The van der Waals surface area contributed by atoms with E-state index in [-0.39, 0.29) is 0 Å². The predicted octanol–water partition coefficient (Wildman–Crippen LogP) is 2.97. The molecule has 1 atom stereocenters. The minimum Gasteiger partial charge on any atom is -0.314 e. The summed E-state index contributed by atoms with van der Waals surface area (Å²) in [6, 6.07) is 10.7. The Morgan fingerprint density at radius 3 is 2.65 bits per heavy atom. The van der Waals surface area contributed by atoms with Crippen LogP contribution >= 0.6 is 0 Å². The highest BCUT2D eigenvalue weighted by atomic mass is 15.3. The van der Waals surface area contributed by atoms with Gasteiger partial charge in [0, 0.05) is 39.0 Å². The fourth-order valence-corrected chi connectivity index (χ4v) is 3.27. The lowest BCUT2D eigenvalue weighted by Gasteiger charge is -2.22. The highest BCUT2D eigenvalue weighted by Crippen LogP contribution is 2.14. The van der Waals surface area contributed by atoms with E-state index in [2.05, 4.69) is 63.8 Å². The van der Waals surface area contributed by atoms with Crippen LogP contribution in [0.5, 0.6) is 0 Å². The van der Waals surface area contributed by atoms with Crippen molar-refractivity contribution >= 4 is 0 Å². The summed E-state index contributed by atoms with van der Waals surface area (Å²) in [6.45, 7) is 9.08. The van der Waals surface area contributed by atoms with Crippen molar-refractivity contribution in [1.29, 1.82) is 0 Å². The second kappa shape index (κ2) is 7.73. The van der Waals surface area contributed by atoms with Crippen LogP contribution in [0.2, 0.25) is 0 Å². The Kier molecular flexibility index (Phi) is 5.44. The molecule has 1 aliphatic rings. The molecule has 0 unspecified atom stereocenters. The molecule has 0 radical (unpaired) electrons. The monoisotopic (exact) mass is 312 g/mol. The molecule has 0 amide bonds. The zero-order valence-corrected chi connectivity index (χ0v) is 14.4. The smallest absolute Gasteiger partial charge is 0.134 e. The standard InChI is InChI=1S/C19H28N4/c1-3-16(2)15-22-12-11-19-21-20-18(23(19)14-13-22)10-9-17-7-5-4-6-8-17/h4-8,16H,3,9-15H2,1-2H3/t16-/m0/s1. The molecule has 0 saturated carbocycles. The fraction of sp³-hybridized carbons (Fsp3) is 0.579. The molecule has 0 spiro atoms. The highest BCUT2D eigenvalue weighted by molar-refractivity contribution is 5.15. The maximum Gasteiger partial charge on any atom is 0.134 e. The molecule has 0 fully saturated rings. The fourth-order valence-electron chi connectivity index (χ4n) is 3.27. The van der Waals surface area contributed by atoms with Crippen molar-refractivity contribution in [2.24, 2.45) is 5.92 Å². The van der Waals surface area contributed by atoms with Gasteiger partial charge in [0.1, 0.15) is 11.6 Å². The van der Waals surface area contributed by atoms with E-state index < -0.39 is 0 Å². The topological polar surface area (TPSA) is 34.0 Å². The van der Waals surface area contributed by atoms with E-state index in [0.717, 1.165) is 50.6 Å². The van der Waals surface area contributed by atoms with Crippen LogP contribution in [0.4, 0.5) is 0 Å². The maximum absolute atomic E-state index is 4.45. The highest BCUT2D eigenvalue weighted by Gasteiger charge is 2.19. The average Bonchev–Trinajstić information content (AvgIpc) is 2.87. The van der Waals surface area contributed by atoms with Gasteiger partial charge in [0.05, 0.1) is 0 Å². The Balaban J connectivity index is 1.61. The van der Waals surface area contributed by atoms with Crippen LogP contribution in [-0.4, -0.2) is 39.3 Å². The predicted molar refractivity (Wildman–Crippen MR) is 93.5 cm³/mol. The van der Waals surface area contributed by atoms with Gasteiger partial charge in [-0.05, 0) is 17.9 Å². The number of hydrogen-bond acceptors (Lipinski definition) is 3. The van der Waals surface area contributed by atoms with Crippen LogP contribution in [0.1, 0.15) is 37.5 Å². The van der Waals surface area contributed by atoms with E-state index in [1.165, 1.54) is 24.4 Å². The summed E-state index contributed by atoms with van der Waals surface area (Å²) < 4.78 is 2.36. The maximum atomic E-state index is 4.45. The molecule has 23 heavy (non-hydrogen) atoms. The quantitative estimate of drug-likeness (QED) is 0.822. The first-order chi connectivity index (χ1) is 11.3. The summed E-state index contributed by atoms with van der Waals surface area (Å²) in [5, 5.41) is 8.90. The summed E-state index contributed by atoms with van der Waals surface area (Å²) in [6.07, 6.45) is 4.29. The molecule has 3 rings (SSSR count). The molecule has 4 nitrogen and oxygen atoms in total. The van der Waals surface area contributed by atoms with Crippen LogP contribution in [0, 0.1) is 5.92 Å². The number of fused-ring (bicyclic) bond motifs is 1. The summed E-state index contributed by atoms with van der Waals surface area (Å²) in [5.41, 5.74) is 1.37. The number of benzene rings is 1. The molecule has 2 heterocycles. The second-order valence-corrected chi connectivity index (χ2v) is 6.73. The van der Waals surface area contributed by atoms with Crippen molar-refractivity contribution in [3.05, 3.63) is 47.5 Å². The van der Waals surface area contributed by atoms with Crippen molar-refractivity contribution in [1.82, 2.24) is 19.7 Å². The van der Waals surface area contributed by atoms with Gasteiger partial charge in [-0.15, -0.1) is 10.2 Å². The van der Waals surface area contributed by atoms with Crippen molar-refractivity contribution in [2.75, 3.05) is 19.6 Å². The lowest BCUT2D eigenvalue weighted by molar-refractivity contribution is 0.238. The van der Waals surface area contributed by atoms with E-state index >= 15 is 0 Å². The van der Waals surface area contributed by atoms with Gasteiger partial charge in [-0.1, -0.05) is 50.6 Å². The Morgan fingerprint density at radius 1 is 1.04 bits per heavy atom. The third kappa shape index (κ3) is 4.20. The molecular formula is C19H28N4. The Bertz CT molecular complexity index is 605. The molecule has 1 aromatic heterocycles. The van der Waals surface area contributed by atoms with E-state index in [1.807, 2.05) is 0 Å². The minimum atomic E-state index is 0.774. The molecule has 2 aromatic rings. The van der Waals surface area contributed by atoms with E-state index in [1.54, 1.807) is 0 Å². The largest absolute Gasteiger partial charge is 0.314 e. The van der Waals surface area contributed by atoms with Crippen LogP contribution in [-0.2, 0) is 25.8 Å². The summed E-state index contributed by atoms with van der Waals surface area (Å²) in [4.78, 5) is 2.59. The molecule has 1 aliphatic heterocycles. The lowest BCUT2D eigenvalue weighted by Crippen LogP contribution is -2.31. The number of aryl methyl sites for hydroxylation is 2. The third-order valence-corrected chi connectivity index (χ3v) is 4.94. The molecule has 0 aliphatic carbocycles. The molecule has 124 valence electrons. The van der Waals surface area contributed by atoms with Gasteiger partial charge in [-0.25, -0.2) is 0 Å². The molecule has 0 saturated heterocycles. The molecule has 0 bridgehead atoms. The summed E-state index contributed by atoms with van der Waals surface area (Å²) >= 11 is 0. The average molecular weight is 312 g/mol. The van der Waals surface area contributed by atoms with E-state index in [0.29, 0.717) is 0 Å². The van der Waals surface area contributed by atoms with Gasteiger partial charge in [-0.3, -0.25) is 0 Å². The lowest BCUT2D eigenvalue weighted by atomic mass is 10.1.